The van der Waals surface area contributed by atoms with Crippen LogP contribution in [0.15, 0.2) is 29.2 Å². The molecule has 1 heterocycles. The van der Waals surface area contributed by atoms with Gasteiger partial charge in [0.05, 0.1) is 35.4 Å². The van der Waals surface area contributed by atoms with E-state index in [0.29, 0.717) is 18.9 Å². The average molecular weight is 363 g/mol. The Bertz CT molecular complexity index is 727. The quantitative estimate of drug-likeness (QED) is 0.674. The lowest BCUT2D eigenvalue weighted by Gasteiger charge is -2.20. The summed E-state index contributed by atoms with van der Waals surface area (Å²) in [7, 11) is -4.14. The van der Waals surface area contributed by atoms with E-state index in [1.165, 1.54) is 26.4 Å². The number of hydrogen-bond acceptors (Lipinski definition) is 7. The highest BCUT2D eigenvalue weighted by Gasteiger charge is 2.45. The first-order valence-corrected chi connectivity index (χ1v) is 10.5. The minimum atomic E-state index is -3.76. The van der Waals surface area contributed by atoms with Crippen molar-refractivity contribution in [3.05, 3.63) is 24.3 Å². The fraction of sp³-hybridized carbons (Fsp3) is 0.571. The fourth-order valence-corrected chi connectivity index (χ4v) is 7.31. The van der Waals surface area contributed by atoms with Crippen molar-refractivity contribution in [2.75, 3.05) is 38.9 Å². The molecule has 7 nitrogen and oxygen atoms in total. The summed E-state index contributed by atoms with van der Waals surface area (Å²) < 4.78 is 59.3. The van der Waals surface area contributed by atoms with Gasteiger partial charge in [-0.1, -0.05) is 0 Å². The highest BCUT2D eigenvalue weighted by molar-refractivity contribution is 7.96. The number of methoxy groups -OCH3 is 2. The summed E-state index contributed by atoms with van der Waals surface area (Å²) in [5, 5.41) is 1.98. The van der Waals surface area contributed by atoms with E-state index in [0.717, 1.165) is 0 Å². The average Bonchev–Trinajstić information content (AvgIpc) is 2.83. The largest absolute Gasteiger partial charge is 0.497 e. The van der Waals surface area contributed by atoms with E-state index in [4.69, 9.17) is 9.47 Å². The highest BCUT2D eigenvalue weighted by Crippen LogP contribution is 2.27. The van der Waals surface area contributed by atoms with Crippen LogP contribution in [-0.4, -0.2) is 67.0 Å². The van der Waals surface area contributed by atoms with Gasteiger partial charge in [0.25, 0.3) is 0 Å². The molecule has 1 aromatic rings. The zero-order valence-corrected chi connectivity index (χ0v) is 14.7. The third-order valence-corrected chi connectivity index (χ3v) is 7.97. The maximum atomic E-state index is 12.8. The standard InChI is InChI=1S/C14H21NO6S2/c1-20-8-7-15-13-9-22(16,17)10-14(13)23(18,19)12-5-3-11(21-2)4-6-12/h3-6,13-15H,7-10H2,1-2H3. The fourth-order valence-electron chi connectivity index (χ4n) is 2.60. The monoisotopic (exact) mass is 363 g/mol. The Balaban J connectivity index is 2.27. The Morgan fingerprint density at radius 3 is 2.39 bits per heavy atom. The number of benzene rings is 1. The molecular weight excluding hydrogens is 342 g/mol. The van der Waals surface area contributed by atoms with Crippen LogP contribution < -0.4 is 10.1 Å². The minimum absolute atomic E-state index is 0.0962. The van der Waals surface area contributed by atoms with Gasteiger partial charge in [0.15, 0.2) is 19.7 Å². The maximum absolute atomic E-state index is 12.8. The lowest BCUT2D eigenvalue weighted by molar-refractivity contribution is 0.196. The van der Waals surface area contributed by atoms with Crippen LogP contribution >= 0.6 is 0 Å². The molecule has 0 aliphatic carbocycles. The Kier molecular flexibility index (Phi) is 5.66. The van der Waals surface area contributed by atoms with Crippen molar-refractivity contribution in [3.8, 4) is 5.75 Å². The van der Waals surface area contributed by atoms with E-state index in [2.05, 4.69) is 5.32 Å². The van der Waals surface area contributed by atoms with Crippen molar-refractivity contribution < 1.29 is 26.3 Å². The zero-order valence-electron chi connectivity index (χ0n) is 13.1. The van der Waals surface area contributed by atoms with Crippen LogP contribution in [0.1, 0.15) is 0 Å². The molecule has 1 aliphatic heterocycles. The highest BCUT2D eigenvalue weighted by atomic mass is 32.2. The van der Waals surface area contributed by atoms with Crippen molar-refractivity contribution >= 4 is 19.7 Å². The summed E-state index contributed by atoms with van der Waals surface area (Å²) >= 11 is 0. The molecule has 2 atom stereocenters. The summed E-state index contributed by atoms with van der Waals surface area (Å²) in [6.07, 6.45) is 0. The smallest absolute Gasteiger partial charge is 0.183 e. The van der Waals surface area contributed by atoms with Gasteiger partial charge in [-0.05, 0) is 24.3 Å². The van der Waals surface area contributed by atoms with Crippen LogP contribution in [0.4, 0.5) is 0 Å². The van der Waals surface area contributed by atoms with Gasteiger partial charge in [-0.2, -0.15) is 0 Å². The molecule has 0 saturated carbocycles. The van der Waals surface area contributed by atoms with E-state index < -0.39 is 31.0 Å². The van der Waals surface area contributed by atoms with Gasteiger partial charge in [0.2, 0.25) is 0 Å². The van der Waals surface area contributed by atoms with Gasteiger partial charge < -0.3 is 14.8 Å². The normalized spacial score (nSPS) is 23.7. The van der Waals surface area contributed by atoms with E-state index in [-0.39, 0.29) is 16.4 Å². The molecule has 0 radical (unpaired) electrons. The Morgan fingerprint density at radius 2 is 1.83 bits per heavy atom. The van der Waals surface area contributed by atoms with Gasteiger partial charge in [-0.15, -0.1) is 0 Å². The summed E-state index contributed by atoms with van der Waals surface area (Å²) in [5.41, 5.74) is 0. The molecule has 1 aromatic carbocycles. The molecule has 1 fully saturated rings. The number of rotatable bonds is 7. The van der Waals surface area contributed by atoms with E-state index in [1.807, 2.05) is 0 Å². The molecule has 1 aliphatic rings. The van der Waals surface area contributed by atoms with Crippen LogP contribution in [0.2, 0.25) is 0 Å². The molecule has 0 bridgehead atoms. The molecule has 2 rings (SSSR count). The molecule has 130 valence electrons. The lowest BCUT2D eigenvalue weighted by Crippen LogP contribution is -2.44. The van der Waals surface area contributed by atoms with Crippen LogP contribution in [-0.2, 0) is 24.4 Å². The maximum Gasteiger partial charge on any atom is 0.183 e. The number of hydrogen-bond donors (Lipinski definition) is 1. The SMILES string of the molecule is COCCNC1CS(=O)(=O)CC1S(=O)(=O)c1ccc(OC)cc1. The van der Waals surface area contributed by atoms with Crippen LogP contribution in [0.3, 0.4) is 0 Å². The molecule has 2 unspecified atom stereocenters. The second-order valence-corrected chi connectivity index (χ2v) is 9.71. The Hall–Kier alpha value is -1.16. The van der Waals surface area contributed by atoms with Crippen LogP contribution in [0.5, 0.6) is 5.75 Å². The summed E-state index contributed by atoms with van der Waals surface area (Å²) in [4.78, 5) is 0.0962. The molecule has 1 N–H and O–H groups in total. The number of ether oxygens (including phenoxy) is 2. The molecule has 0 spiro atoms. The molecule has 1 saturated heterocycles. The van der Waals surface area contributed by atoms with E-state index in [9.17, 15) is 16.8 Å². The number of sulfone groups is 2. The second-order valence-electron chi connectivity index (χ2n) is 5.39. The third kappa shape index (κ3) is 4.23. The lowest BCUT2D eigenvalue weighted by atomic mass is 10.2. The van der Waals surface area contributed by atoms with Crippen molar-refractivity contribution in [3.63, 3.8) is 0 Å². The van der Waals surface area contributed by atoms with Gasteiger partial charge in [0.1, 0.15) is 5.75 Å². The van der Waals surface area contributed by atoms with Crippen LogP contribution in [0.25, 0.3) is 0 Å². The zero-order chi connectivity index (χ0) is 17.1. The minimum Gasteiger partial charge on any atom is -0.497 e. The summed E-state index contributed by atoms with van der Waals surface area (Å²) in [6.45, 7) is 0.775. The van der Waals surface area contributed by atoms with Crippen LogP contribution in [0, 0.1) is 0 Å². The summed E-state index contributed by atoms with van der Waals surface area (Å²) in [6, 6.07) is 5.33. The molecular formula is C14H21NO6S2. The van der Waals surface area contributed by atoms with Crippen molar-refractivity contribution in [1.29, 1.82) is 0 Å². The first-order chi connectivity index (χ1) is 10.8. The van der Waals surface area contributed by atoms with Gasteiger partial charge in [-0.25, -0.2) is 16.8 Å². The van der Waals surface area contributed by atoms with E-state index >= 15 is 0 Å². The second kappa shape index (κ2) is 7.16. The topological polar surface area (TPSA) is 98.8 Å². The summed E-state index contributed by atoms with van der Waals surface area (Å²) in [5.74, 6) is -0.0132. The predicted octanol–water partition coefficient (Wildman–Crippen LogP) is -0.129. The first kappa shape index (κ1) is 18.2. The first-order valence-electron chi connectivity index (χ1n) is 7.11. The Morgan fingerprint density at radius 1 is 1.17 bits per heavy atom. The molecule has 23 heavy (non-hydrogen) atoms. The van der Waals surface area contributed by atoms with Gasteiger partial charge in [0, 0.05) is 19.7 Å². The van der Waals surface area contributed by atoms with Crippen molar-refractivity contribution in [1.82, 2.24) is 5.32 Å². The number of nitrogens with one attached hydrogen (secondary N) is 1. The van der Waals surface area contributed by atoms with Crippen molar-refractivity contribution in [2.24, 2.45) is 0 Å². The van der Waals surface area contributed by atoms with Gasteiger partial charge in [-0.3, -0.25) is 0 Å². The van der Waals surface area contributed by atoms with E-state index in [1.54, 1.807) is 12.1 Å². The Labute approximate surface area is 136 Å². The molecule has 0 aromatic heterocycles. The predicted molar refractivity (Wildman–Crippen MR) is 86.3 cm³/mol. The molecule has 0 amide bonds. The van der Waals surface area contributed by atoms with Gasteiger partial charge >= 0.3 is 0 Å². The molecule has 9 heteroatoms. The third-order valence-electron chi connectivity index (χ3n) is 3.80. The van der Waals surface area contributed by atoms with Crippen molar-refractivity contribution in [2.45, 2.75) is 16.2 Å².